The van der Waals surface area contributed by atoms with Gasteiger partial charge in [-0.3, -0.25) is 10.1 Å². The molecule has 0 aliphatic carbocycles. The Morgan fingerprint density at radius 1 is 1.22 bits per heavy atom. The van der Waals surface area contributed by atoms with Crippen LogP contribution in [-0.2, 0) is 12.6 Å². The molecule has 1 aromatic heterocycles. The van der Waals surface area contributed by atoms with Crippen molar-refractivity contribution in [2.45, 2.75) is 19.0 Å². The maximum absolute atomic E-state index is 13.1. The van der Waals surface area contributed by atoms with Crippen LogP contribution in [0.25, 0.3) is 5.69 Å². The number of nitro groups is 1. The maximum atomic E-state index is 13.1. The van der Waals surface area contributed by atoms with E-state index in [2.05, 4.69) is 10.4 Å². The van der Waals surface area contributed by atoms with Crippen molar-refractivity contribution in [2.75, 3.05) is 17.6 Å². The number of alkyl halides is 3. The number of anilines is 2. The zero-order valence-electron chi connectivity index (χ0n) is 16.4. The number of aryl methyl sites for hydroxylation is 1. The summed E-state index contributed by atoms with van der Waals surface area (Å²) < 4.78 is 52.8. The van der Waals surface area contributed by atoms with Crippen molar-refractivity contribution in [3.8, 4) is 11.8 Å². The van der Waals surface area contributed by atoms with Gasteiger partial charge in [-0.15, -0.1) is 0 Å². The Morgan fingerprint density at radius 3 is 2.50 bits per heavy atom. The molecule has 2 aromatic carbocycles. The van der Waals surface area contributed by atoms with E-state index in [0.717, 1.165) is 12.1 Å². The van der Waals surface area contributed by atoms with Gasteiger partial charge in [-0.2, -0.15) is 23.5 Å². The number of halogens is 4. The van der Waals surface area contributed by atoms with Gasteiger partial charge in [-0.25, -0.2) is 9.07 Å². The number of nitrogens with one attached hydrogen (secondary N) is 1. The molecule has 0 aliphatic heterocycles. The fraction of sp³-hybridized carbons (Fsp3) is 0.200. The van der Waals surface area contributed by atoms with E-state index in [0.29, 0.717) is 23.9 Å². The molecule has 8 nitrogen and oxygen atoms in total. The topological polar surface area (TPSA) is 123 Å². The molecule has 0 saturated carbocycles. The van der Waals surface area contributed by atoms with Gasteiger partial charge >= 0.3 is 6.18 Å². The molecule has 0 aliphatic rings. The van der Waals surface area contributed by atoms with Crippen LogP contribution in [0.15, 0.2) is 42.5 Å². The predicted octanol–water partition coefficient (Wildman–Crippen LogP) is 4.44. The molecule has 32 heavy (non-hydrogen) atoms. The molecular weight excluding hydrogens is 432 g/mol. The molecular formula is C20H16F4N6O2. The lowest BCUT2D eigenvalue weighted by Crippen LogP contribution is -2.09. The van der Waals surface area contributed by atoms with Crippen molar-refractivity contribution in [3.63, 3.8) is 0 Å². The van der Waals surface area contributed by atoms with Crippen molar-refractivity contribution < 1.29 is 22.5 Å². The van der Waals surface area contributed by atoms with Gasteiger partial charge in [0.2, 0.25) is 0 Å². The molecule has 0 radical (unpaired) electrons. The van der Waals surface area contributed by atoms with Crippen LogP contribution in [0.4, 0.5) is 34.8 Å². The van der Waals surface area contributed by atoms with E-state index < -0.39 is 28.2 Å². The highest BCUT2D eigenvalue weighted by Gasteiger charge is 2.33. The molecule has 12 heteroatoms. The maximum Gasteiger partial charge on any atom is 0.416 e. The summed E-state index contributed by atoms with van der Waals surface area (Å²) in [7, 11) is 0. The molecule has 0 saturated heterocycles. The van der Waals surface area contributed by atoms with Crippen molar-refractivity contribution >= 4 is 17.2 Å². The van der Waals surface area contributed by atoms with E-state index >= 15 is 0 Å². The number of rotatable bonds is 7. The zero-order valence-corrected chi connectivity index (χ0v) is 16.4. The number of hydrogen-bond acceptors (Lipinski definition) is 6. The Bertz CT molecular complexity index is 1180. The zero-order chi connectivity index (χ0) is 23.5. The number of benzene rings is 2. The number of aromatic nitrogens is 2. The van der Waals surface area contributed by atoms with Crippen LogP contribution < -0.4 is 11.1 Å². The predicted molar refractivity (Wildman–Crippen MR) is 108 cm³/mol. The quantitative estimate of drug-likeness (QED) is 0.238. The Labute approximate surface area is 179 Å². The molecule has 0 atom stereocenters. The van der Waals surface area contributed by atoms with E-state index in [1.54, 1.807) is 0 Å². The number of nitrogens with two attached hydrogens (primary N) is 1. The van der Waals surface area contributed by atoms with Gasteiger partial charge in [-0.05, 0) is 49.2 Å². The van der Waals surface area contributed by atoms with Crippen LogP contribution in [0, 0.1) is 27.3 Å². The first kappa shape index (κ1) is 22.5. The van der Waals surface area contributed by atoms with E-state index in [9.17, 15) is 32.9 Å². The van der Waals surface area contributed by atoms with E-state index in [-0.39, 0.29) is 30.0 Å². The molecule has 0 bridgehead atoms. The van der Waals surface area contributed by atoms with Crippen molar-refractivity contribution in [2.24, 2.45) is 0 Å². The number of hydrogen-bond donors (Lipinski definition) is 2. The molecule has 166 valence electrons. The molecule has 3 aromatic rings. The standard InChI is InChI=1S/C20H16F4N6O2/c21-13-4-6-14(7-5-13)29-19(26)15(11-25)16(28-29)2-1-9-27-17-8-3-12(20(22,23)24)10-18(17)30(31)32/h3-8,10,27H,1-2,9,26H2. The van der Waals surface area contributed by atoms with Crippen LogP contribution in [0.2, 0.25) is 0 Å². The summed E-state index contributed by atoms with van der Waals surface area (Å²) in [4.78, 5) is 10.3. The van der Waals surface area contributed by atoms with E-state index in [1.807, 2.05) is 6.07 Å². The smallest absolute Gasteiger partial charge is 0.382 e. The minimum absolute atomic E-state index is 0.0557. The second kappa shape index (κ2) is 8.93. The third-order valence-electron chi connectivity index (χ3n) is 4.60. The second-order valence-electron chi connectivity index (χ2n) is 6.72. The molecule has 0 fully saturated rings. The molecule has 3 rings (SSSR count). The number of nitriles is 1. The third-order valence-corrected chi connectivity index (χ3v) is 4.60. The first-order chi connectivity index (χ1) is 15.1. The number of nitrogens with zero attached hydrogens (tertiary/aromatic N) is 4. The number of nitrogen functional groups attached to an aromatic ring is 1. The summed E-state index contributed by atoms with van der Waals surface area (Å²) in [6, 6.07) is 9.56. The van der Waals surface area contributed by atoms with Gasteiger partial charge in [0.25, 0.3) is 5.69 Å². The summed E-state index contributed by atoms with van der Waals surface area (Å²) in [6.07, 6.45) is -4.07. The second-order valence-corrected chi connectivity index (χ2v) is 6.72. The average Bonchev–Trinajstić information content (AvgIpc) is 3.06. The van der Waals surface area contributed by atoms with Gasteiger partial charge in [0.05, 0.1) is 21.9 Å². The first-order valence-corrected chi connectivity index (χ1v) is 9.24. The summed E-state index contributed by atoms with van der Waals surface area (Å²) in [5.41, 5.74) is 5.10. The van der Waals surface area contributed by atoms with Gasteiger partial charge in [0.15, 0.2) is 0 Å². The fourth-order valence-corrected chi connectivity index (χ4v) is 3.04. The van der Waals surface area contributed by atoms with Crippen LogP contribution in [0.1, 0.15) is 23.2 Å². The minimum atomic E-state index is -4.69. The highest BCUT2D eigenvalue weighted by atomic mass is 19.4. The van der Waals surface area contributed by atoms with E-state index in [1.165, 1.54) is 28.9 Å². The molecule has 0 amide bonds. The van der Waals surface area contributed by atoms with Crippen molar-refractivity contribution in [3.05, 3.63) is 75.2 Å². The van der Waals surface area contributed by atoms with Crippen molar-refractivity contribution in [1.29, 1.82) is 5.26 Å². The van der Waals surface area contributed by atoms with Gasteiger partial charge in [0, 0.05) is 12.6 Å². The average molecular weight is 448 g/mol. The summed E-state index contributed by atoms with van der Waals surface area (Å²) in [5.74, 6) is -0.357. The Kier molecular flexibility index (Phi) is 6.29. The molecule has 3 N–H and O–H groups in total. The minimum Gasteiger partial charge on any atom is -0.382 e. The van der Waals surface area contributed by atoms with Crippen LogP contribution in [0.3, 0.4) is 0 Å². The Morgan fingerprint density at radius 2 is 1.91 bits per heavy atom. The van der Waals surface area contributed by atoms with Gasteiger partial charge in [-0.1, -0.05) is 0 Å². The van der Waals surface area contributed by atoms with Crippen LogP contribution in [-0.4, -0.2) is 21.2 Å². The largest absolute Gasteiger partial charge is 0.416 e. The van der Waals surface area contributed by atoms with E-state index in [4.69, 9.17) is 5.73 Å². The summed E-state index contributed by atoms with van der Waals surface area (Å²) in [6.45, 7) is 0.167. The van der Waals surface area contributed by atoms with Crippen LogP contribution >= 0.6 is 0 Å². The lowest BCUT2D eigenvalue weighted by atomic mass is 10.1. The summed E-state index contributed by atoms with van der Waals surface area (Å²) >= 11 is 0. The molecule has 1 heterocycles. The number of nitro benzene ring substituents is 1. The van der Waals surface area contributed by atoms with Gasteiger partial charge in [0.1, 0.15) is 29.0 Å². The monoisotopic (exact) mass is 448 g/mol. The Hall–Kier alpha value is -4.14. The fourth-order valence-electron chi connectivity index (χ4n) is 3.04. The SMILES string of the molecule is N#Cc1c(CCCNc2ccc(C(F)(F)F)cc2[N+](=O)[O-])nn(-c2ccc(F)cc2)c1N. The first-order valence-electron chi connectivity index (χ1n) is 9.24. The molecule has 0 spiro atoms. The molecule has 0 unspecified atom stereocenters. The lowest BCUT2D eigenvalue weighted by Gasteiger charge is -2.10. The third kappa shape index (κ3) is 4.77. The normalized spacial score (nSPS) is 11.2. The Balaban J connectivity index is 1.71. The van der Waals surface area contributed by atoms with Gasteiger partial charge < -0.3 is 11.1 Å². The highest BCUT2D eigenvalue weighted by Crippen LogP contribution is 2.35. The van der Waals surface area contributed by atoms with Crippen molar-refractivity contribution in [1.82, 2.24) is 9.78 Å². The lowest BCUT2D eigenvalue weighted by molar-refractivity contribution is -0.384. The summed E-state index contributed by atoms with van der Waals surface area (Å²) in [5, 5.41) is 27.6. The van der Waals surface area contributed by atoms with Crippen LogP contribution in [0.5, 0.6) is 0 Å². The highest BCUT2D eigenvalue weighted by molar-refractivity contribution is 5.63.